The van der Waals surface area contributed by atoms with Gasteiger partial charge in [0.2, 0.25) is 0 Å². The molecule has 1 aromatic heterocycles. The van der Waals surface area contributed by atoms with Crippen molar-refractivity contribution < 1.29 is 9.84 Å². The first-order valence-electron chi connectivity index (χ1n) is 9.56. The Hall–Kier alpha value is -3.30. The highest BCUT2D eigenvalue weighted by molar-refractivity contribution is 6.07. The predicted molar refractivity (Wildman–Crippen MR) is 115 cm³/mol. The minimum Gasteiger partial charge on any atom is -0.490 e. The lowest BCUT2D eigenvalue weighted by atomic mass is 10.1. The number of ether oxygens (including phenoxy) is 1. The van der Waals surface area contributed by atoms with Crippen molar-refractivity contribution in [3.63, 3.8) is 0 Å². The van der Waals surface area contributed by atoms with E-state index in [4.69, 9.17) is 4.74 Å². The minimum absolute atomic E-state index is 0.245. The summed E-state index contributed by atoms with van der Waals surface area (Å²) in [5.74, 6) is 0.805. The van der Waals surface area contributed by atoms with Gasteiger partial charge >= 0.3 is 0 Å². The molecule has 0 aliphatic rings. The van der Waals surface area contributed by atoms with Gasteiger partial charge in [-0.2, -0.15) is 0 Å². The van der Waals surface area contributed by atoms with Crippen LogP contribution in [0.4, 0.5) is 0 Å². The third-order valence-electron chi connectivity index (χ3n) is 5.25. The Balaban J connectivity index is 1.42. The Morgan fingerprint density at radius 1 is 0.679 bits per heavy atom. The molecule has 3 nitrogen and oxygen atoms in total. The Labute approximate surface area is 163 Å². The van der Waals surface area contributed by atoms with Gasteiger partial charge in [0, 0.05) is 27.2 Å². The van der Waals surface area contributed by atoms with Crippen LogP contribution in [0.5, 0.6) is 5.75 Å². The summed E-state index contributed by atoms with van der Waals surface area (Å²) < 4.78 is 8.17. The largest absolute Gasteiger partial charge is 0.490 e. The first kappa shape index (κ1) is 16.8. The molecule has 0 amide bonds. The van der Waals surface area contributed by atoms with E-state index in [0.29, 0.717) is 6.54 Å². The summed E-state index contributed by atoms with van der Waals surface area (Å²) in [5, 5.41) is 15.3. The molecule has 1 atom stereocenters. The third kappa shape index (κ3) is 2.90. The Morgan fingerprint density at radius 2 is 1.25 bits per heavy atom. The Bertz CT molecular complexity index is 1210. The average Bonchev–Trinajstić information content (AvgIpc) is 3.06. The summed E-state index contributed by atoms with van der Waals surface area (Å²) >= 11 is 0. The van der Waals surface area contributed by atoms with E-state index < -0.39 is 6.10 Å². The van der Waals surface area contributed by atoms with Gasteiger partial charge in [-0.25, -0.2) is 0 Å². The van der Waals surface area contributed by atoms with Crippen LogP contribution in [0.3, 0.4) is 0 Å². The summed E-state index contributed by atoms with van der Waals surface area (Å²) in [6.45, 7) is 0.730. The fourth-order valence-electron chi connectivity index (χ4n) is 3.97. The fraction of sp³-hybridized carbons (Fsp3) is 0.120. The molecule has 1 N–H and O–H groups in total. The van der Waals surface area contributed by atoms with E-state index >= 15 is 0 Å². The molecule has 4 aromatic carbocycles. The molecule has 0 radical (unpaired) electrons. The maximum atomic E-state index is 10.7. The molecular weight excluding hydrogens is 346 g/mol. The minimum atomic E-state index is -0.613. The first-order chi connectivity index (χ1) is 13.8. The van der Waals surface area contributed by atoms with Crippen molar-refractivity contribution in [3.8, 4) is 5.75 Å². The van der Waals surface area contributed by atoms with Crippen LogP contribution in [-0.2, 0) is 6.54 Å². The van der Waals surface area contributed by atoms with Gasteiger partial charge in [0.25, 0.3) is 0 Å². The number of benzene rings is 4. The van der Waals surface area contributed by atoms with Crippen molar-refractivity contribution in [2.45, 2.75) is 12.6 Å². The van der Waals surface area contributed by atoms with Crippen molar-refractivity contribution in [2.75, 3.05) is 6.61 Å². The number of aliphatic hydroxyl groups is 1. The van der Waals surface area contributed by atoms with E-state index in [1.807, 2.05) is 42.5 Å². The summed E-state index contributed by atoms with van der Waals surface area (Å²) in [7, 11) is 0. The lowest BCUT2D eigenvalue weighted by Gasteiger charge is -2.16. The Morgan fingerprint density at radius 3 is 1.96 bits per heavy atom. The van der Waals surface area contributed by atoms with E-state index in [9.17, 15) is 5.11 Å². The van der Waals surface area contributed by atoms with Crippen LogP contribution in [0, 0.1) is 0 Å². The molecule has 5 rings (SSSR count). The van der Waals surface area contributed by atoms with Gasteiger partial charge < -0.3 is 14.4 Å². The molecule has 1 heterocycles. The monoisotopic (exact) mass is 367 g/mol. The standard InChI is InChI=1S/C25H21NO2/c27-19(17-28-25-15-7-9-18-8-1-2-10-20(18)25)16-26-23-13-5-3-11-21(23)22-12-4-6-14-24(22)26/h1-15,19,27H,16-17H2/t19-/m0/s1. The lowest BCUT2D eigenvalue weighted by Crippen LogP contribution is -2.23. The van der Waals surface area contributed by atoms with Crippen molar-refractivity contribution in [1.82, 2.24) is 4.57 Å². The number of hydrogen-bond donors (Lipinski definition) is 1. The molecular formula is C25H21NO2. The average molecular weight is 367 g/mol. The molecule has 138 valence electrons. The number of fused-ring (bicyclic) bond motifs is 4. The van der Waals surface area contributed by atoms with E-state index in [0.717, 1.165) is 27.6 Å². The summed E-state index contributed by atoms with van der Waals surface area (Å²) in [6, 6.07) is 30.8. The molecule has 0 aliphatic carbocycles. The molecule has 0 bridgehead atoms. The molecule has 0 aliphatic heterocycles. The molecule has 0 fully saturated rings. The number of para-hydroxylation sites is 2. The first-order valence-corrected chi connectivity index (χ1v) is 9.56. The van der Waals surface area contributed by atoms with E-state index in [1.54, 1.807) is 0 Å². The predicted octanol–water partition coefficient (Wildman–Crippen LogP) is 5.39. The van der Waals surface area contributed by atoms with Crippen molar-refractivity contribution in [1.29, 1.82) is 0 Å². The van der Waals surface area contributed by atoms with Crippen LogP contribution in [0.15, 0.2) is 91.0 Å². The fourth-order valence-corrected chi connectivity index (χ4v) is 3.97. The van der Waals surface area contributed by atoms with Gasteiger partial charge in [0.05, 0.1) is 6.54 Å². The second-order valence-corrected chi connectivity index (χ2v) is 7.09. The van der Waals surface area contributed by atoms with Gasteiger partial charge in [-0.3, -0.25) is 0 Å². The molecule has 0 unspecified atom stereocenters. The Kier molecular flexibility index (Phi) is 4.22. The number of hydrogen-bond acceptors (Lipinski definition) is 2. The second kappa shape index (κ2) is 7.02. The van der Waals surface area contributed by atoms with Gasteiger partial charge in [0.15, 0.2) is 0 Å². The van der Waals surface area contributed by atoms with E-state index in [2.05, 4.69) is 53.1 Å². The zero-order chi connectivity index (χ0) is 18.9. The zero-order valence-electron chi connectivity index (χ0n) is 15.5. The maximum Gasteiger partial charge on any atom is 0.127 e. The van der Waals surface area contributed by atoms with Crippen molar-refractivity contribution in [3.05, 3.63) is 91.0 Å². The van der Waals surface area contributed by atoms with Crippen molar-refractivity contribution in [2.24, 2.45) is 0 Å². The van der Waals surface area contributed by atoms with Gasteiger partial charge in [-0.15, -0.1) is 0 Å². The summed E-state index contributed by atoms with van der Waals surface area (Å²) in [6.07, 6.45) is -0.613. The number of aromatic nitrogens is 1. The molecule has 0 saturated heterocycles. The highest BCUT2D eigenvalue weighted by Gasteiger charge is 2.14. The number of nitrogens with zero attached hydrogens (tertiary/aromatic N) is 1. The van der Waals surface area contributed by atoms with Crippen LogP contribution in [-0.4, -0.2) is 22.4 Å². The lowest BCUT2D eigenvalue weighted by molar-refractivity contribution is 0.0952. The van der Waals surface area contributed by atoms with Crippen LogP contribution < -0.4 is 4.74 Å². The van der Waals surface area contributed by atoms with Crippen LogP contribution in [0.1, 0.15) is 0 Å². The zero-order valence-corrected chi connectivity index (χ0v) is 15.5. The molecule has 28 heavy (non-hydrogen) atoms. The summed E-state index contributed by atoms with van der Waals surface area (Å²) in [4.78, 5) is 0. The van der Waals surface area contributed by atoms with E-state index in [-0.39, 0.29) is 6.61 Å². The van der Waals surface area contributed by atoms with Crippen LogP contribution in [0.25, 0.3) is 32.6 Å². The smallest absolute Gasteiger partial charge is 0.127 e. The quantitative estimate of drug-likeness (QED) is 0.452. The summed E-state index contributed by atoms with van der Waals surface area (Å²) in [5.41, 5.74) is 2.26. The van der Waals surface area contributed by atoms with Crippen LogP contribution >= 0.6 is 0 Å². The van der Waals surface area contributed by atoms with Gasteiger partial charge in [-0.05, 0) is 23.6 Å². The SMILES string of the molecule is O[C@H](COc1cccc2ccccc12)Cn1c2ccccc2c2ccccc21. The van der Waals surface area contributed by atoms with Crippen LogP contribution in [0.2, 0.25) is 0 Å². The second-order valence-electron chi connectivity index (χ2n) is 7.09. The topological polar surface area (TPSA) is 34.4 Å². The normalized spacial score (nSPS) is 12.6. The van der Waals surface area contributed by atoms with Crippen molar-refractivity contribution >= 4 is 32.6 Å². The third-order valence-corrected chi connectivity index (χ3v) is 5.25. The van der Waals surface area contributed by atoms with Gasteiger partial charge in [-0.1, -0.05) is 72.8 Å². The molecule has 0 saturated carbocycles. The highest BCUT2D eigenvalue weighted by atomic mass is 16.5. The molecule has 3 heteroatoms. The highest BCUT2D eigenvalue weighted by Crippen LogP contribution is 2.29. The molecule has 0 spiro atoms. The van der Waals surface area contributed by atoms with E-state index in [1.165, 1.54) is 10.8 Å². The number of rotatable bonds is 5. The van der Waals surface area contributed by atoms with Gasteiger partial charge in [0.1, 0.15) is 18.5 Å². The maximum absolute atomic E-state index is 10.7. The number of aliphatic hydroxyl groups excluding tert-OH is 1. The molecule has 5 aromatic rings.